The van der Waals surface area contributed by atoms with Gasteiger partial charge in [-0.3, -0.25) is 10.1 Å². The Bertz CT molecular complexity index is 1130. The van der Waals surface area contributed by atoms with Crippen LogP contribution in [0.15, 0.2) is 29.8 Å². The van der Waals surface area contributed by atoms with E-state index in [1.165, 1.54) is 11.3 Å². The van der Waals surface area contributed by atoms with Gasteiger partial charge in [-0.1, -0.05) is 17.4 Å². The van der Waals surface area contributed by atoms with Crippen LogP contribution in [0, 0.1) is 0 Å². The molecule has 1 aliphatic rings. The lowest BCUT2D eigenvalue weighted by Crippen LogP contribution is -2.13. The first-order valence-electron chi connectivity index (χ1n) is 8.78. The maximum atomic E-state index is 13.0. The Hall–Kier alpha value is -2.65. The van der Waals surface area contributed by atoms with Crippen molar-refractivity contribution in [3.8, 4) is 10.6 Å². The summed E-state index contributed by atoms with van der Waals surface area (Å²) in [5.41, 5.74) is 2.03. The second kappa shape index (κ2) is 6.50. The van der Waals surface area contributed by atoms with Crippen molar-refractivity contribution in [3.05, 3.63) is 40.3 Å². The molecule has 1 saturated carbocycles. The molecule has 0 bridgehead atoms. The summed E-state index contributed by atoms with van der Waals surface area (Å²) >= 11 is 3.05. The van der Waals surface area contributed by atoms with Crippen molar-refractivity contribution in [1.29, 1.82) is 0 Å². The van der Waals surface area contributed by atoms with Crippen molar-refractivity contribution in [2.24, 2.45) is 0 Å². The van der Waals surface area contributed by atoms with Gasteiger partial charge in [0.15, 0.2) is 5.65 Å². The molecule has 27 heavy (non-hydrogen) atoms. The normalized spacial score (nSPS) is 14.0. The zero-order valence-corrected chi connectivity index (χ0v) is 16.2. The molecule has 1 aliphatic carbocycles. The summed E-state index contributed by atoms with van der Waals surface area (Å²) in [6.45, 7) is 2.69. The Labute approximate surface area is 163 Å². The van der Waals surface area contributed by atoms with Gasteiger partial charge in [0.1, 0.15) is 5.01 Å². The highest BCUT2D eigenvalue weighted by Crippen LogP contribution is 2.42. The van der Waals surface area contributed by atoms with E-state index in [1.807, 2.05) is 30.5 Å². The fourth-order valence-corrected chi connectivity index (χ4v) is 4.56. The van der Waals surface area contributed by atoms with Crippen molar-refractivity contribution in [2.45, 2.75) is 32.2 Å². The van der Waals surface area contributed by atoms with Crippen molar-refractivity contribution in [1.82, 2.24) is 25.0 Å². The Morgan fingerprint density at radius 1 is 1.37 bits per heavy atom. The first-order valence-corrected chi connectivity index (χ1v) is 10.5. The second-order valence-corrected chi connectivity index (χ2v) is 8.36. The third kappa shape index (κ3) is 3.02. The SMILES string of the molecule is CCn1ncc2c(C(=O)Nc3nnc(C4CC4)s3)cc(-c3cccs3)nc21. The highest BCUT2D eigenvalue weighted by atomic mass is 32.1. The Morgan fingerprint density at radius 3 is 3.00 bits per heavy atom. The average molecular weight is 397 g/mol. The minimum absolute atomic E-state index is 0.214. The molecular formula is C18H16N6OS2. The largest absolute Gasteiger partial charge is 0.296 e. The molecule has 0 saturated heterocycles. The summed E-state index contributed by atoms with van der Waals surface area (Å²) in [7, 11) is 0. The standard InChI is InChI=1S/C18H16N6OS2/c1-2-24-15-12(9-19-24)11(8-13(20-15)14-4-3-7-26-14)16(25)21-18-23-22-17(27-18)10-5-6-10/h3-4,7-10H,2,5-6H2,1H3,(H,21,23,25). The summed E-state index contributed by atoms with van der Waals surface area (Å²) in [6, 6.07) is 5.80. The van der Waals surface area contributed by atoms with E-state index in [0.717, 1.165) is 33.8 Å². The number of carbonyl (C=O) groups is 1. The van der Waals surface area contributed by atoms with Gasteiger partial charge in [-0.25, -0.2) is 9.67 Å². The fraction of sp³-hybridized carbons (Fsp3) is 0.278. The van der Waals surface area contributed by atoms with Gasteiger partial charge in [-0.15, -0.1) is 21.5 Å². The third-order valence-electron chi connectivity index (χ3n) is 4.51. The molecule has 0 spiro atoms. The number of fused-ring (bicyclic) bond motifs is 1. The summed E-state index contributed by atoms with van der Waals surface area (Å²) < 4.78 is 1.80. The number of anilines is 1. The van der Waals surface area contributed by atoms with Crippen LogP contribution in [0.2, 0.25) is 0 Å². The molecule has 4 aromatic heterocycles. The number of hydrogen-bond donors (Lipinski definition) is 1. The molecule has 0 aromatic carbocycles. The van der Waals surface area contributed by atoms with Crippen LogP contribution in [0.1, 0.15) is 41.0 Å². The molecule has 0 atom stereocenters. The molecule has 7 nitrogen and oxygen atoms in total. The van der Waals surface area contributed by atoms with E-state index >= 15 is 0 Å². The van der Waals surface area contributed by atoms with Crippen LogP contribution < -0.4 is 5.32 Å². The van der Waals surface area contributed by atoms with Crippen molar-refractivity contribution < 1.29 is 4.79 Å². The van der Waals surface area contributed by atoms with Gasteiger partial charge in [-0.2, -0.15) is 5.10 Å². The number of aryl methyl sites for hydroxylation is 1. The number of rotatable bonds is 5. The quantitative estimate of drug-likeness (QED) is 0.547. The maximum absolute atomic E-state index is 13.0. The highest BCUT2D eigenvalue weighted by Gasteiger charge is 2.28. The van der Waals surface area contributed by atoms with Crippen LogP contribution in [0.3, 0.4) is 0 Å². The van der Waals surface area contributed by atoms with E-state index in [2.05, 4.69) is 20.6 Å². The first-order chi connectivity index (χ1) is 13.2. The Morgan fingerprint density at radius 2 is 2.26 bits per heavy atom. The van der Waals surface area contributed by atoms with E-state index in [9.17, 15) is 4.79 Å². The molecule has 0 unspecified atom stereocenters. The molecule has 1 N–H and O–H groups in total. The van der Waals surface area contributed by atoms with Gasteiger partial charge < -0.3 is 0 Å². The number of pyridine rings is 1. The first kappa shape index (κ1) is 16.5. The molecule has 1 amide bonds. The molecule has 9 heteroatoms. The third-order valence-corrected chi connectivity index (χ3v) is 6.41. The molecule has 0 aliphatic heterocycles. The van der Waals surface area contributed by atoms with Crippen LogP contribution in [-0.4, -0.2) is 30.9 Å². The number of nitrogens with zero attached hydrogens (tertiary/aromatic N) is 5. The summed E-state index contributed by atoms with van der Waals surface area (Å²) in [4.78, 5) is 18.8. The molecular weight excluding hydrogens is 380 g/mol. The molecule has 4 aromatic rings. The lowest BCUT2D eigenvalue weighted by atomic mass is 10.1. The van der Waals surface area contributed by atoms with Crippen molar-refractivity contribution >= 4 is 44.7 Å². The smallest absolute Gasteiger partial charge is 0.258 e. The van der Waals surface area contributed by atoms with E-state index in [1.54, 1.807) is 22.2 Å². The number of thiophene rings is 1. The maximum Gasteiger partial charge on any atom is 0.258 e. The summed E-state index contributed by atoms with van der Waals surface area (Å²) in [5.74, 6) is 0.309. The van der Waals surface area contributed by atoms with Gasteiger partial charge in [0.2, 0.25) is 5.13 Å². The van der Waals surface area contributed by atoms with Crippen molar-refractivity contribution in [3.63, 3.8) is 0 Å². The van der Waals surface area contributed by atoms with E-state index in [-0.39, 0.29) is 5.91 Å². The number of hydrogen-bond acceptors (Lipinski definition) is 7. The van der Waals surface area contributed by atoms with Gasteiger partial charge in [0.25, 0.3) is 5.91 Å². The number of nitrogens with one attached hydrogen (secondary N) is 1. The van der Waals surface area contributed by atoms with Crippen LogP contribution >= 0.6 is 22.7 Å². The minimum Gasteiger partial charge on any atom is -0.296 e. The van der Waals surface area contributed by atoms with Crippen LogP contribution in [0.25, 0.3) is 21.6 Å². The minimum atomic E-state index is -0.214. The zero-order valence-electron chi connectivity index (χ0n) is 14.5. The van der Waals surface area contributed by atoms with Gasteiger partial charge >= 0.3 is 0 Å². The second-order valence-electron chi connectivity index (χ2n) is 6.40. The zero-order chi connectivity index (χ0) is 18.4. The average Bonchev–Trinajstić information content (AvgIpc) is 3.09. The molecule has 0 radical (unpaired) electrons. The molecule has 5 rings (SSSR count). The lowest BCUT2D eigenvalue weighted by molar-refractivity contribution is 0.102. The monoisotopic (exact) mass is 396 g/mol. The summed E-state index contributed by atoms with van der Waals surface area (Å²) in [5, 5.41) is 19.9. The van der Waals surface area contributed by atoms with Crippen molar-refractivity contribution in [2.75, 3.05) is 5.32 Å². The number of aromatic nitrogens is 5. The predicted molar refractivity (Wildman–Crippen MR) is 106 cm³/mol. The Kier molecular flexibility index (Phi) is 3.98. The Balaban J connectivity index is 1.55. The number of carbonyl (C=O) groups excluding carboxylic acids is 1. The summed E-state index contributed by atoms with van der Waals surface area (Å²) in [6.07, 6.45) is 4.02. The highest BCUT2D eigenvalue weighted by molar-refractivity contribution is 7.15. The molecule has 136 valence electrons. The molecule has 1 fully saturated rings. The predicted octanol–water partition coefficient (Wildman–Crippen LogP) is 4.16. The van der Waals surface area contributed by atoms with Crippen LogP contribution in [0.4, 0.5) is 5.13 Å². The van der Waals surface area contributed by atoms with E-state index < -0.39 is 0 Å². The fourth-order valence-electron chi connectivity index (χ4n) is 2.96. The van der Waals surface area contributed by atoms with Crippen LogP contribution in [-0.2, 0) is 6.54 Å². The van der Waals surface area contributed by atoms with Crippen LogP contribution in [0.5, 0.6) is 0 Å². The van der Waals surface area contributed by atoms with E-state index in [4.69, 9.17) is 4.98 Å². The van der Waals surface area contributed by atoms with Gasteiger partial charge in [-0.05, 0) is 37.3 Å². The topological polar surface area (TPSA) is 85.6 Å². The molecule has 4 heterocycles. The lowest BCUT2D eigenvalue weighted by Gasteiger charge is -2.07. The number of amides is 1. The van der Waals surface area contributed by atoms with Gasteiger partial charge in [0, 0.05) is 12.5 Å². The van der Waals surface area contributed by atoms with Gasteiger partial charge in [0.05, 0.1) is 27.7 Å². The van der Waals surface area contributed by atoms with E-state index in [0.29, 0.717) is 28.8 Å².